The van der Waals surface area contributed by atoms with Gasteiger partial charge in [0.1, 0.15) is 17.6 Å². The van der Waals surface area contributed by atoms with Crippen LogP contribution in [-0.4, -0.2) is 16.5 Å². The van der Waals surface area contributed by atoms with Crippen LogP contribution in [0.5, 0.6) is 0 Å². The Hall–Kier alpha value is -2.48. The van der Waals surface area contributed by atoms with Gasteiger partial charge in [-0.3, -0.25) is 0 Å². The molecule has 1 atom stereocenters. The van der Waals surface area contributed by atoms with Crippen molar-refractivity contribution in [1.29, 1.82) is 5.26 Å². The molecule has 0 aliphatic carbocycles. The molecule has 1 aliphatic rings. The number of nitriles is 1. The van der Waals surface area contributed by atoms with E-state index in [1.165, 1.54) is 6.07 Å². The summed E-state index contributed by atoms with van der Waals surface area (Å²) in [4.78, 5) is 10.5. The van der Waals surface area contributed by atoms with Crippen molar-refractivity contribution in [2.24, 2.45) is 0 Å². The minimum absolute atomic E-state index is 0.0513. The molecule has 1 aromatic heterocycles. The normalized spacial score (nSPS) is 17.4. The summed E-state index contributed by atoms with van der Waals surface area (Å²) < 4.78 is 13.9. The van der Waals surface area contributed by atoms with Crippen molar-refractivity contribution in [3.05, 3.63) is 53.1 Å². The minimum Gasteiger partial charge on any atom is -0.333 e. The smallest absolute Gasteiger partial charge is 0.227 e. The first-order valence-corrected chi connectivity index (χ1v) is 6.46. The van der Waals surface area contributed by atoms with Crippen molar-refractivity contribution in [2.45, 2.75) is 19.4 Å². The third kappa shape index (κ3) is 2.10. The Balaban J connectivity index is 1.95. The van der Waals surface area contributed by atoms with Gasteiger partial charge >= 0.3 is 0 Å². The number of anilines is 1. The monoisotopic (exact) mass is 268 g/mol. The first-order chi connectivity index (χ1) is 9.69. The molecule has 4 nitrogen and oxygen atoms in total. The maximum atomic E-state index is 13.9. The third-order valence-corrected chi connectivity index (χ3v) is 3.50. The molecule has 1 saturated heterocycles. The Morgan fingerprint density at radius 1 is 1.35 bits per heavy atom. The van der Waals surface area contributed by atoms with Crippen LogP contribution in [0.1, 0.15) is 29.4 Å². The van der Waals surface area contributed by atoms with E-state index in [2.05, 4.69) is 9.97 Å². The third-order valence-electron chi connectivity index (χ3n) is 3.50. The molecule has 1 aromatic carbocycles. The van der Waals surface area contributed by atoms with Crippen LogP contribution in [0.25, 0.3) is 0 Å². The highest BCUT2D eigenvalue weighted by Crippen LogP contribution is 2.37. The lowest BCUT2D eigenvalue weighted by atomic mass is 9.95. The molecule has 2 aromatic rings. The second-order valence-corrected chi connectivity index (χ2v) is 4.83. The molecular weight excluding hydrogens is 255 g/mol. The first-order valence-electron chi connectivity index (χ1n) is 6.46. The quantitative estimate of drug-likeness (QED) is 0.840. The summed E-state index contributed by atoms with van der Waals surface area (Å²) in [6.45, 7) is 2.59. The van der Waals surface area contributed by atoms with Crippen molar-refractivity contribution in [3.8, 4) is 6.07 Å². The van der Waals surface area contributed by atoms with Gasteiger partial charge in [-0.2, -0.15) is 5.26 Å². The Bertz CT molecular complexity index is 693. The minimum atomic E-state index is -0.213. The van der Waals surface area contributed by atoms with Crippen LogP contribution >= 0.6 is 0 Å². The van der Waals surface area contributed by atoms with Gasteiger partial charge in [-0.05, 0) is 25.5 Å². The SMILES string of the molecule is Cc1cc(C#N)nc(N2CCC2c2ccccc2F)n1. The lowest BCUT2D eigenvalue weighted by Gasteiger charge is -2.41. The van der Waals surface area contributed by atoms with Gasteiger partial charge in [-0.25, -0.2) is 14.4 Å². The maximum Gasteiger partial charge on any atom is 0.227 e. The lowest BCUT2D eigenvalue weighted by Crippen LogP contribution is -2.42. The number of hydrogen-bond acceptors (Lipinski definition) is 4. The molecule has 0 amide bonds. The Morgan fingerprint density at radius 3 is 2.80 bits per heavy atom. The van der Waals surface area contributed by atoms with Crippen molar-refractivity contribution in [2.75, 3.05) is 11.4 Å². The number of nitrogens with zero attached hydrogens (tertiary/aromatic N) is 4. The Kier molecular flexibility index (Phi) is 3.07. The van der Waals surface area contributed by atoms with Crippen LogP contribution in [0.2, 0.25) is 0 Å². The molecule has 5 heteroatoms. The largest absolute Gasteiger partial charge is 0.333 e. The van der Waals surface area contributed by atoms with Crippen LogP contribution in [0.15, 0.2) is 30.3 Å². The molecule has 0 N–H and O–H groups in total. The summed E-state index contributed by atoms with van der Waals surface area (Å²) in [5.41, 5.74) is 1.74. The molecule has 3 rings (SSSR count). The number of hydrogen-bond donors (Lipinski definition) is 0. The van der Waals surface area contributed by atoms with E-state index in [9.17, 15) is 4.39 Å². The fourth-order valence-electron chi connectivity index (χ4n) is 2.43. The van der Waals surface area contributed by atoms with E-state index >= 15 is 0 Å². The summed E-state index contributed by atoms with van der Waals surface area (Å²) in [6.07, 6.45) is 0.861. The fraction of sp³-hybridized carbons (Fsp3) is 0.267. The molecule has 20 heavy (non-hydrogen) atoms. The molecule has 100 valence electrons. The zero-order chi connectivity index (χ0) is 14.1. The number of aryl methyl sites for hydroxylation is 1. The van der Waals surface area contributed by atoms with Gasteiger partial charge < -0.3 is 4.90 Å². The second kappa shape index (κ2) is 4.89. The van der Waals surface area contributed by atoms with Crippen LogP contribution in [0, 0.1) is 24.1 Å². The van der Waals surface area contributed by atoms with E-state index in [4.69, 9.17) is 5.26 Å². The zero-order valence-electron chi connectivity index (χ0n) is 11.0. The molecule has 2 heterocycles. The van der Waals surface area contributed by atoms with Crippen LogP contribution in [0.4, 0.5) is 10.3 Å². The first kappa shape index (κ1) is 12.5. The molecule has 0 radical (unpaired) electrons. The van der Waals surface area contributed by atoms with Gasteiger partial charge in [0, 0.05) is 17.8 Å². The van der Waals surface area contributed by atoms with E-state index in [0.29, 0.717) is 17.2 Å². The Morgan fingerprint density at radius 2 is 2.15 bits per heavy atom. The summed E-state index contributed by atoms with van der Waals surface area (Å²) in [5, 5.41) is 8.97. The fourth-order valence-corrected chi connectivity index (χ4v) is 2.43. The highest BCUT2D eigenvalue weighted by atomic mass is 19.1. The average molecular weight is 268 g/mol. The van der Waals surface area contributed by atoms with Crippen molar-refractivity contribution in [3.63, 3.8) is 0 Å². The number of aromatic nitrogens is 2. The van der Waals surface area contributed by atoms with Gasteiger partial charge in [0.15, 0.2) is 0 Å². The van der Waals surface area contributed by atoms with Crippen molar-refractivity contribution >= 4 is 5.95 Å². The van der Waals surface area contributed by atoms with Gasteiger partial charge in [0.05, 0.1) is 6.04 Å². The van der Waals surface area contributed by atoms with Crippen molar-refractivity contribution < 1.29 is 4.39 Å². The van der Waals surface area contributed by atoms with E-state index in [1.54, 1.807) is 18.2 Å². The van der Waals surface area contributed by atoms with E-state index in [0.717, 1.165) is 18.7 Å². The molecule has 0 spiro atoms. The molecule has 1 fully saturated rings. The molecular formula is C15H13FN4. The van der Waals surface area contributed by atoms with Gasteiger partial charge in [0.25, 0.3) is 0 Å². The maximum absolute atomic E-state index is 13.9. The highest BCUT2D eigenvalue weighted by molar-refractivity contribution is 5.43. The molecule has 1 aliphatic heterocycles. The number of benzene rings is 1. The Labute approximate surface area is 116 Å². The summed E-state index contributed by atoms with van der Waals surface area (Å²) in [7, 11) is 0. The highest BCUT2D eigenvalue weighted by Gasteiger charge is 2.33. The second-order valence-electron chi connectivity index (χ2n) is 4.83. The molecule has 0 saturated carbocycles. The van der Waals surface area contributed by atoms with Crippen LogP contribution in [0.3, 0.4) is 0 Å². The van der Waals surface area contributed by atoms with Gasteiger partial charge in [-0.1, -0.05) is 18.2 Å². The number of halogens is 1. The van der Waals surface area contributed by atoms with E-state index in [1.807, 2.05) is 24.0 Å². The molecule has 0 bridgehead atoms. The van der Waals surface area contributed by atoms with Crippen LogP contribution < -0.4 is 4.90 Å². The van der Waals surface area contributed by atoms with Gasteiger partial charge in [0.2, 0.25) is 5.95 Å². The van der Waals surface area contributed by atoms with Gasteiger partial charge in [-0.15, -0.1) is 0 Å². The summed E-state index contributed by atoms with van der Waals surface area (Å²) >= 11 is 0. The predicted octanol–water partition coefficient (Wildman–Crippen LogP) is 2.75. The van der Waals surface area contributed by atoms with E-state index < -0.39 is 0 Å². The summed E-state index contributed by atoms with van der Waals surface area (Å²) in [6, 6.07) is 10.4. The topological polar surface area (TPSA) is 52.8 Å². The summed E-state index contributed by atoms with van der Waals surface area (Å²) in [5.74, 6) is 0.288. The van der Waals surface area contributed by atoms with Crippen molar-refractivity contribution in [1.82, 2.24) is 9.97 Å². The standard InChI is InChI=1S/C15H13FN4/c1-10-8-11(9-17)19-15(18-10)20-7-6-14(20)12-4-2-3-5-13(12)16/h2-5,8,14H,6-7H2,1H3. The zero-order valence-corrected chi connectivity index (χ0v) is 11.0. The predicted molar refractivity (Wildman–Crippen MR) is 72.6 cm³/mol. The van der Waals surface area contributed by atoms with Crippen LogP contribution in [-0.2, 0) is 0 Å². The van der Waals surface area contributed by atoms with E-state index in [-0.39, 0.29) is 11.9 Å². The lowest BCUT2D eigenvalue weighted by molar-refractivity contribution is 0.435. The average Bonchev–Trinajstić information content (AvgIpc) is 2.39. The number of rotatable bonds is 2. The molecule has 1 unspecified atom stereocenters.